The van der Waals surface area contributed by atoms with Crippen molar-refractivity contribution in [3.63, 3.8) is 0 Å². The highest BCUT2D eigenvalue weighted by Crippen LogP contribution is 2.18. The number of nitrogens with one attached hydrogen (secondary N) is 1. The van der Waals surface area contributed by atoms with Crippen LogP contribution < -0.4 is 14.8 Å². The van der Waals surface area contributed by atoms with Gasteiger partial charge in [0.25, 0.3) is 0 Å². The van der Waals surface area contributed by atoms with Gasteiger partial charge in [0.15, 0.2) is 0 Å². The quantitative estimate of drug-likeness (QED) is 0.631. The molecule has 0 unspecified atom stereocenters. The van der Waals surface area contributed by atoms with E-state index in [1.165, 1.54) is 11.6 Å². The van der Waals surface area contributed by atoms with Crippen LogP contribution in [0, 0.1) is 6.92 Å². The van der Waals surface area contributed by atoms with Crippen molar-refractivity contribution in [3.8, 4) is 11.5 Å². The fourth-order valence-electron chi connectivity index (χ4n) is 1.94. The van der Waals surface area contributed by atoms with Gasteiger partial charge in [-0.05, 0) is 30.7 Å². The van der Waals surface area contributed by atoms with Crippen molar-refractivity contribution in [2.75, 3.05) is 20.3 Å². The van der Waals surface area contributed by atoms with Crippen LogP contribution in [0.2, 0.25) is 0 Å². The predicted molar refractivity (Wildman–Crippen MR) is 91.7 cm³/mol. The van der Waals surface area contributed by atoms with Gasteiger partial charge in [-0.25, -0.2) is 0 Å². The van der Waals surface area contributed by atoms with Gasteiger partial charge in [-0.3, -0.25) is 4.79 Å². The maximum Gasteiger partial charge on any atom is 0.244 e. The Kier molecular flexibility index (Phi) is 6.24. The van der Waals surface area contributed by atoms with Crippen molar-refractivity contribution in [2.24, 2.45) is 0 Å². The third kappa shape index (κ3) is 5.87. The second kappa shape index (κ2) is 8.63. The first-order valence-electron chi connectivity index (χ1n) is 7.47. The Bertz CT molecular complexity index is 663. The van der Waals surface area contributed by atoms with Crippen LogP contribution in [0.3, 0.4) is 0 Å². The van der Waals surface area contributed by atoms with E-state index in [1.54, 1.807) is 19.3 Å². The minimum absolute atomic E-state index is 0.139. The van der Waals surface area contributed by atoms with E-state index in [0.717, 1.165) is 11.3 Å². The summed E-state index contributed by atoms with van der Waals surface area (Å²) in [4.78, 5) is 11.7. The highest BCUT2D eigenvalue weighted by Gasteiger charge is 1.98. The Hall–Kier alpha value is -2.75. The molecule has 0 aliphatic rings. The molecule has 2 rings (SSSR count). The van der Waals surface area contributed by atoms with Gasteiger partial charge >= 0.3 is 0 Å². The van der Waals surface area contributed by atoms with Crippen molar-refractivity contribution >= 4 is 12.0 Å². The minimum Gasteiger partial charge on any atom is -0.497 e. The predicted octanol–water partition coefficient (Wildman–Crippen LogP) is 3.21. The SMILES string of the molecule is COc1cccc(OCCNC(=O)/C=C/c2ccc(C)cc2)c1. The van der Waals surface area contributed by atoms with Crippen molar-refractivity contribution in [1.82, 2.24) is 5.32 Å². The maximum absolute atomic E-state index is 11.7. The Balaban J connectivity index is 1.71. The number of methoxy groups -OCH3 is 1. The first kappa shape index (κ1) is 16.6. The van der Waals surface area contributed by atoms with Gasteiger partial charge in [0, 0.05) is 12.1 Å². The zero-order chi connectivity index (χ0) is 16.5. The van der Waals surface area contributed by atoms with Gasteiger partial charge in [-0.1, -0.05) is 35.9 Å². The molecule has 0 heterocycles. The second-order valence-electron chi connectivity index (χ2n) is 5.06. The first-order valence-corrected chi connectivity index (χ1v) is 7.47. The summed E-state index contributed by atoms with van der Waals surface area (Å²) in [6.45, 7) is 2.87. The molecular weight excluding hydrogens is 290 g/mol. The van der Waals surface area contributed by atoms with E-state index in [1.807, 2.05) is 49.4 Å². The Morgan fingerprint density at radius 2 is 1.87 bits per heavy atom. The summed E-state index contributed by atoms with van der Waals surface area (Å²) in [7, 11) is 1.61. The molecule has 4 nitrogen and oxygen atoms in total. The van der Waals surface area contributed by atoms with Crippen LogP contribution in [0.5, 0.6) is 11.5 Å². The zero-order valence-electron chi connectivity index (χ0n) is 13.4. The van der Waals surface area contributed by atoms with Gasteiger partial charge in [0.05, 0.1) is 13.7 Å². The lowest BCUT2D eigenvalue weighted by molar-refractivity contribution is -0.116. The number of carbonyl (C=O) groups excluding carboxylic acids is 1. The third-order valence-corrected chi connectivity index (χ3v) is 3.22. The fraction of sp³-hybridized carbons (Fsp3) is 0.211. The standard InChI is InChI=1S/C19H21NO3/c1-15-6-8-16(9-7-15)10-11-19(21)20-12-13-23-18-5-3-4-17(14-18)22-2/h3-11,14H,12-13H2,1-2H3,(H,20,21)/b11-10+. The van der Waals surface area contributed by atoms with Crippen LogP contribution in [0.25, 0.3) is 6.08 Å². The number of rotatable bonds is 7. The van der Waals surface area contributed by atoms with Gasteiger partial charge in [0.1, 0.15) is 18.1 Å². The highest BCUT2D eigenvalue weighted by molar-refractivity contribution is 5.91. The number of ether oxygens (including phenoxy) is 2. The average molecular weight is 311 g/mol. The molecular formula is C19H21NO3. The van der Waals surface area contributed by atoms with Crippen LogP contribution in [-0.2, 0) is 4.79 Å². The lowest BCUT2D eigenvalue weighted by Crippen LogP contribution is -2.26. The molecule has 4 heteroatoms. The molecule has 0 aliphatic heterocycles. The number of amides is 1. The Morgan fingerprint density at radius 1 is 1.13 bits per heavy atom. The molecule has 0 radical (unpaired) electrons. The summed E-state index contributed by atoms with van der Waals surface area (Å²) in [5.41, 5.74) is 2.19. The van der Waals surface area contributed by atoms with Gasteiger partial charge in [-0.2, -0.15) is 0 Å². The molecule has 2 aromatic rings. The molecule has 23 heavy (non-hydrogen) atoms. The molecule has 1 N–H and O–H groups in total. The van der Waals surface area contributed by atoms with Crippen molar-refractivity contribution in [2.45, 2.75) is 6.92 Å². The van der Waals surface area contributed by atoms with E-state index in [9.17, 15) is 4.79 Å². The van der Waals surface area contributed by atoms with E-state index in [0.29, 0.717) is 18.9 Å². The molecule has 0 bridgehead atoms. The minimum atomic E-state index is -0.139. The monoisotopic (exact) mass is 311 g/mol. The second-order valence-corrected chi connectivity index (χ2v) is 5.06. The van der Waals surface area contributed by atoms with Crippen LogP contribution in [0.1, 0.15) is 11.1 Å². The van der Waals surface area contributed by atoms with Gasteiger partial charge in [0.2, 0.25) is 5.91 Å². The number of aryl methyl sites for hydroxylation is 1. The molecule has 0 saturated heterocycles. The highest BCUT2D eigenvalue weighted by atomic mass is 16.5. The van der Waals surface area contributed by atoms with Crippen molar-refractivity contribution in [3.05, 3.63) is 65.7 Å². The summed E-state index contributed by atoms with van der Waals surface area (Å²) in [6.07, 6.45) is 3.31. The summed E-state index contributed by atoms with van der Waals surface area (Å²) >= 11 is 0. The number of carbonyl (C=O) groups is 1. The van der Waals surface area contributed by atoms with Crippen LogP contribution in [0.4, 0.5) is 0 Å². The maximum atomic E-state index is 11.7. The van der Waals surface area contributed by atoms with Crippen LogP contribution >= 0.6 is 0 Å². The normalized spacial score (nSPS) is 10.5. The zero-order valence-corrected chi connectivity index (χ0v) is 13.4. The summed E-state index contributed by atoms with van der Waals surface area (Å²) in [6, 6.07) is 15.3. The molecule has 0 aliphatic carbocycles. The number of hydrogen-bond acceptors (Lipinski definition) is 3. The van der Waals surface area contributed by atoms with Gasteiger partial charge < -0.3 is 14.8 Å². The molecule has 0 spiro atoms. The third-order valence-electron chi connectivity index (χ3n) is 3.22. The Morgan fingerprint density at radius 3 is 2.61 bits per heavy atom. The fourth-order valence-corrected chi connectivity index (χ4v) is 1.94. The van der Waals surface area contributed by atoms with Gasteiger partial charge in [-0.15, -0.1) is 0 Å². The average Bonchev–Trinajstić information content (AvgIpc) is 2.58. The van der Waals surface area contributed by atoms with Crippen molar-refractivity contribution < 1.29 is 14.3 Å². The molecule has 1 amide bonds. The molecule has 0 saturated carbocycles. The lowest BCUT2D eigenvalue weighted by atomic mass is 10.1. The van der Waals surface area contributed by atoms with Crippen molar-refractivity contribution in [1.29, 1.82) is 0 Å². The summed E-state index contributed by atoms with van der Waals surface area (Å²) in [5, 5.41) is 2.78. The topological polar surface area (TPSA) is 47.6 Å². The van der Waals surface area contributed by atoms with E-state index in [4.69, 9.17) is 9.47 Å². The number of benzene rings is 2. The molecule has 0 aromatic heterocycles. The Labute approximate surface area is 136 Å². The summed E-state index contributed by atoms with van der Waals surface area (Å²) < 4.78 is 10.7. The van der Waals surface area contributed by atoms with E-state index in [2.05, 4.69) is 5.32 Å². The van der Waals surface area contributed by atoms with E-state index in [-0.39, 0.29) is 5.91 Å². The molecule has 0 fully saturated rings. The van der Waals surface area contributed by atoms with E-state index >= 15 is 0 Å². The largest absolute Gasteiger partial charge is 0.497 e. The number of hydrogen-bond donors (Lipinski definition) is 1. The molecule has 2 aromatic carbocycles. The molecule has 0 atom stereocenters. The van der Waals surface area contributed by atoms with Crippen LogP contribution in [-0.4, -0.2) is 26.2 Å². The van der Waals surface area contributed by atoms with Crippen LogP contribution in [0.15, 0.2) is 54.6 Å². The van der Waals surface area contributed by atoms with E-state index < -0.39 is 0 Å². The first-order chi connectivity index (χ1) is 11.2. The summed E-state index contributed by atoms with van der Waals surface area (Å²) in [5.74, 6) is 1.32. The molecule has 120 valence electrons. The smallest absolute Gasteiger partial charge is 0.244 e. The lowest BCUT2D eigenvalue weighted by Gasteiger charge is -2.07.